The summed E-state index contributed by atoms with van der Waals surface area (Å²) in [4.78, 5) is 83.0. The zero-order valence-corrected chi connectivity index (χ0v) is 51.3. The van der Waals surface area contributed by atoms with Gasteiger partial charge in [-0.2, -0.15) is 31.3 Å². The summed E-state index contributed by atoms with van der Waals surface area (Å²) >= 11 is 0. The molecule has 26 heteroatoms. The number of amides is 4. The third-order valence-electron chi connectivity index (χ3n) is 13.5. The van der Waals surface area contributed by atoms with E-state index in [0.717, 1.165) is 28.2 Å². The van der Waals surface area contributed by atoms with Gasteiger partial charge in [0.1, 0.15) is 30.2 Å². The minimum atomic E-state index is -4.69. The van der Waals surface area contributed by atoms with Crippen LogP contribution in [-0.4, -0.2) is 105 Å². The fourth-order valence-corrected chi connectivity index (χ4v) is 9.00. The maximum Gasteiger partial charge on any atom is 0.416 e. The van der Waals surface area contributed by atoms with E-state index in [1.807, 2.05) is 31.2 Å². The van der Waals surface area contributed by atoms with Crippen molar-refractivity contribution in [3.05, 3.63) is 225 Å². The molecular weight excluding hydrogens is 1230 g/mol. The van der Waals surface area contributed by atoms with E-state index in [0.29, 0.717) is 28.1 Å². The van der Waals surface area contributed by atoms with Crippen LogP contribution in [0.1, 0.15) is 97.4 Å². The van der Waals surface area contributed by atoms with Crippen LogP contribution in [0.2, 0.25) is 0 Å². The highest BCUT2D eigenvalue weighted by atomic mass is 19.4. The second-order valence-electron chi connectivity index (χ2n) is 21.9. The number of carbonyl (C=O) groups is 6. The molecule has 0 atom stereocenters. The van der Waals surface area contributed by atoms with Gasteiger partial charge < -0.3 is 55.2 Å². The number of amidine groups is 1. The third-order valence-corrected chi connectivity index (χ3v) is 13.5. The number of nitrogens with two attached hydrogens (primary N) is 1. The van der Waals surface area contributed by atoms with Gasteiger partial charge in [-0.05, 0) is 135 Å². The molecule has 94 heavy (non-hydrogen) atoms. The van der Waals surface area contributed by atoms with Crippen molar-refractivity contribution in [3.8, 4) is 34.7 Å². The molecule has 0 aliphatic carbocycles. The number of hydrogen-bond acceptors (Lipinski definition) is 14. The van der Waals surface area contributed by atoms with Crippen molar-refractivity contribution in [2.24, 2.45) is 10.9 Å². The van der Waals surface area contributed by atoms with E-state index in [9.17, 15) is 60.2 Å². The molecule has 0 aliphatic heterocycles. The first-order chi connectivity index (χ1) is 44.5. The van der Waals surface area contributed by atoms with E-state index < -0.39 is 84.0 Å². The molecule has 0 unspecified atom stereocenters. The van der Waals surface area contributed by atoms with E-state index in [-0.39, 0.29) is 76.5 Å². The Kier molecular flexibility index (Phi) is 23.1. The molecule has 1 aromatic heterocycles. The molecule has 0 fully saturated rings. The minimum Gasteiger partial charge on any atom is -0.497 e. The zero-order valence-electron chi connectivity index (χ0n) is 51.3. The van der Waals surface area contributed by atoms with Crippen LogP contribution in [0, 0.1) is 18.8 Å². The number of esters is 1. The van der Waals surface area contributed by atoms with Crippen LogP contribution in [-0.2, 0) is 62.2 Å². The Morgan fingerprint density at radius 1 is 0.606 bits per heavy atom. The normalized spacial score (nSPS) is 11.4. The largest absolute Gasteiger partial charge is 0.497 e. The van der Waals surface area contributed by atoms with Crippen LogP contribution in [0.5, 0.6) is 11.5 Å². The van der Waals surface area contributed by atoms with Gasteiger partial charge in [-0.1, -0.05) is 94.6 Å². The molecule has 1 heterocycles. The number of oxime groups is 1. The second kappa shape index (κ2) is 31.0. The molecule has 6 N–H and O–H groups in total. The van der Waals surface area contributed by atoms with Crippen molar-refractivity contribution < 1.29 is 84.2 Å². The lowest BCUT2D eigenvalue weighted by Gasteiger charge is -2.25. The van der Waals surface area contributed by atoms with Crippen LogP contribution < -0.4 is 25.8 Å². The molecule has 0 spiro atoms. The van der Waals surface area contributed by atoms with Gasteiger partial charge >= 0.3 is 30.2 Å². The van der Waals surface area contributed by atoms with Crippen molar-refractivity contribution in [3.63, 3.8) is 0 Å². The SMILES string of the molecule is COc1ccc(CC(=O)Nc2ccc(C(=O)N(CC(=O)O)Cc3ccc(-c4noc(C#Cc5ccc(C)cc5)n4)cc3)cc2)c(C(F)(F)F)c1.COc1ccc(CC(=O)Nc2ccc(C(=O)N(CC(=O)OC(C)(C)C)Cc3ccc(C(N)=NO)cc3)cc2)c(C(F)(F)F)c1. The summed E-state index contributed by atoms with van der Waals surface area (Å²) in [6.45, 7) is 6.13. The average Bonchev–Trinajstić information content (AvgIpc) is 0.987. The monoisotopic (exact) mass is 1300 g/mol. The van der Waals surface area contributed by atoms with Crippen molar-refractivity contribution in [1.29, 1.82) is 0 Å². The summed E-state index contributed by atoms with van der Waals surface area (Å²) in [6.07, 6.45) is -10.5. The maximum absolute atomic E-state index is 13.5. The van der Waals surface area contributed by atoms with Crippen LogP contribution in [0.4, 0.5) is 37.7 Å². The van der Waals surface area contributed by atoms with E-state index in [2.05, 4.69) is 37.8 Å². The first-order valence-corrected chi connectivity index (χ1v) is 28.4. The number of carboxylic acids is 1. The number of alkyl halides is 6. The lowest BCUT2D eigenvalue weighted by Crippen LogP contribution is -2.38. The summed E-state index contributed by atoms with van der Waals surface area (Å²) in [7, 11) is 2.49. The van der Waals surface area contributed by atoms with E-state index in [4.69, 9.17) is 29.7 Å². The molecule has 8 aromatic rings. The van der Waals surface area contributed by atoms with Gasteiger partial charge in [-0.15, -0.1) is 0 Å². The summed E-state index contributed by atoms with van der Waals surface area (Å²) in [5.74, 6) is 1.84. The first-order valence-electron chi connectivity index (χ1n) is 28.4. The number of nitrogens with one attached hydrogen (secondary N) is 2. The Hall–Kier alpha value is -11.5. The number of methoxy groups -OCH3 is 2. The number of aromatic nitrogens is 2. The number of carbonyl (C=O) groups excluding carboxylic acids is 5. The molecule has 0 radical (unpaired) electrons. The number of benzene rings is 7. The molecule has 0 bridgehead atoms. The fourth-order valence-electron chi connectivity index (χ4n) is 9.00. The number of rotatable bonds is 20. The predicted octanol–water partition coefficient (Wildman–Crippen LogP) is 11.4. The number of hydrogen-bond donors (Lipinski definition) is 5. The topological polar surface area (TPSA) is 278 Å². The molecule has 7 aromatic carbocycles. The van der Waals surface area contributed by atoms with E-state index in [1.54, 1.807) is 69.3 Å². The summed E-state index contributed by atoms with van der Waals surface area (Å²) < 4.78 is 102. The highest BCUT2D eigenvalue weighted by molar-refractivity contribution is 5.99. The summed E-state index contributed by atoms with van der Waals surface area (Å²) in [5, 5.41) is 30.3. The van der Waals surface area contributed by atoms with E-state index >= 15 is 0 Å². The third kappa shape index (κ3) is 20.5. The molecule has 0 aliphatic rings. The van der Waals surface area contributed by atoms with Gasteiger partial charge in [0, 0.05) is 58.2 Å². The van der Waals surface area contributed by atoms with Crippen LogP contribution in [0.15, 0.2) is 167 Å². The number of aliphatic carboxylic acids is 1. The van der Waals surface area contributed by atoms with Crippen LogP contribution in [0.3, 0.4) is 0 Å². The van der Waals surface area contributed by atoms with Gasteiger partial charge in [0.25, 0.3) is 11.8 Å². The second-order valence-corrected chi connectivity index (χ2v) is 21.9. The van der Waals surface area contributed by atoms with Crippen molar-refractivity contribution in [2.45, 2.75) is 71.6 Å². The van der Waals surface area contributed by atoms with Gasteiger partial charge in [0.05, 0.1) is 38.2 Å². The standard InChI is InChI=1S/C37H29F3N4O6.C31H33F3N4O6/c1-23-3-5-24(6-4-23)9-18-33-42-35(43-50-33)26-10-7-25(8-11-26)21-44(22-34(46)47)36(48)27-12-15-29(16-13-27)41-32(45)19-28-14-17-30(49-2)20-31(28)37(38,39)40;1-30(2,3)44-27(40)18-38(17-19-5-7-20(8-6-19)28(35)37-42)29(41)21-9-12-23(13-10-21)36-26(39)15-22-11-14-24(43-4)16-25(22)31(32,33)34/h3-8,10-17,20H,19,21-22H2,1-2H3,(H,41,45)(H,46,47);5-14,16,42H,15,17-18H2,1-4H3,(H2,35,37)(H,36,39). The smallest absolute Gasteiger partial charge is 0.416 e. The van der Waals surface area contributed by atoms with Gasteiger partial charge in [0.2, 0.25) is 17.6 Å². The van der Waals surface area contributed by atoms with Gasteiger partial charge in [0.15, 0.2) is 5.84 Å². The van der Waals surface area contributed by atoms with Gasteiger partial charge in [-0.3, -0.25) is 28.8 Å². The fraction of sp³-hybridized carbons (Fsp3) is 0.221. The molecule has 488 valence electrons. The lowest BCUT2D eigenvalue weighted by atomic mass is 10.0. The van der Waals surface area contributed by atoms with Crippen molar-refractivity contribution in [1.82, 2.24) is 19.9 Å². The molecule has 4 amide bonds. The van der Waals surface area contributed by atoms with Crippen LogP contribution in [0.25, 0.3) is 11.4 Å². The summed E-state index contributed by atoms with van der Waals surface area (Å²) in [6, 6.07) is 39.0. The number of halogens is 6. The predicted molar refractivity (Wildman–Crippen MR) is 332 cm³/mol. The van der Waals surface area contributed by atoms with Crippen LogP contribution >= 0.6 is 0 Å². The molecule has 0 saturated carbocycles. The van der Waals surface area contributed by atoms with Crippen molar-refractivity contribution in [2.75, 3.05) is 37.9 Å². The highest BCUT2D eigenvalue weighted by Crippen LogP contribution is 2.36. The Bertz CT molecular complexity index is 4100. The van der Waals surface area contributed by atoms with Crippen molar-refractivity contribution >= 4 is 52.8 Å². The van der Waals surface area contributed by atoms with Gasteiger partial charge in [-0.25, -0.2) is 0 Å². The molecular formula is C68H62F6N8O12. The Morgan fingerprint density at radius 3 is 1.48 bits per heavy atom. The number of ether oxygens (including phenoxy) is 3. The number of aryl methyl sites for hydroxylation is 1. The molecule has 20 nitrogen and oxygen atoms in total. The Labute approximate surface area is 534 Å². The zero-order chi connectivity index (χ0) is 68.5. The minimum absolute atomic E-state index is 0.00845. The number of anilines is 2. The molecule has 0 saturated heterocycles. The Morgan fingerprint density at radius 2 is 1.05 bits per heavy atom. The first kappa shape index (κ1) is 70.0. The lowest BCUT2D eigenvalue weighted by molar-refractivity contribution is -0.155. The Balaban J connectivity index is 0.000000268. The number of carboxylic acid groups (broad SMARTS) is 1. The highest BCUT2D eigenvalue weighted by Gasteiger charge is 2.36. The summed E-state index contributed by atoms with van der Waals surface area (Å²) in [5.41, 5.74) is 7.52. The average molecular weight is 1300 g/mol. The van der Waals surface area contributed by atoms with E-state index in [1.165, 1.54) is 91.9 Å². The molecule has 8 rings (SSSR count). The number of nitrogens with zero attached hydrogens (tertiary/aromatic N) is 5. The quantitative estimate of drug-likeness (QED) is 0.00902. The maximum atomic E-state index is 13.5.